The van der Waals surface area contributed by atoms with E-state index in [9.17, 15) is 17.6 Å². The van der Waals surface area contributed by atoms with Crippen molar-refractivity contribution < 1.29 is 22.3 Å². The Balaban J connectivity index is 2.29. The van der Waals surface area contributed by atoms with Crippen molar-refractivity contribution in [2.75, 3.05) is 25.9 Å². The van der Waals surface area contributed by atoms with Crippen LogP contribution < -0.4 is 5.73 Å². The van der Waals surface area contributed by atoms with Crippen LogP contribution in [0.1, 0.15) is 6.42 Å². The number of anilines is 1. The van der Waals surface area contributed by atoms with Gasteiger partial charge in [-0.2, -0.15) is 4.31 Å². The second kappa shape index (κ2) is 5.37. The van der Waals surface area contributed by atoms with E-state index in [1.165, 1.54) is 19.2 Å². The van der Waals surface area contributed by atoms with E-state index in [-0.39, 0.29) is 18.0 Å². The van der Waals surface area contributed by atoms with Crippen molar-refractivity contribution in [2.45, 2.75) is 11.3 Å². The third-order valence-electron chi connectivity index (χ3n) is 3.32. The van der Waals surface area contributed by atoms with Crippen molar-refractivity contribution in [2.24, 2.45) is 5.92 Å². The summed E-state index contributed by atoms with van der Waals surface area (Å²) in [5.74, 6) is -1.73. The highest BCUT2D eigenvalue weighted by molar-refractivity contribution is 7.89. The molecule has 0 radical (unpaired) electrons. The molecule has 2 N–H and O–H groups in total. The molecule has 0 aliphatic carbocycles. The SMILES string of the molecule is COC(=O)C1CCN(S(=O)(=O)c2cccc(F)c2N)C1. The van der Waals surface area contributed by atoms with Crippen LogP contribution in [-0.2, 0) is 19.6 Å². The first-order chi connectivity index (χ1) is 9.37. The Kier molecular flexibility index (Phi) is 3.96. The molecule has 1 saturated heterocycles. The molecule has 1 unspecified atom stereocenters. The third-order valence-corrected chi connectivity index (χ3v) is 5.24. The standard InChI is InChI=1S/C12H15FN2O4S/c1-19-12(16)8-5-6-15(7-8)20(17,18)10-4-2-3-9(13)11(10)14/h2-4,8H,5-7,14H2,1H3. The molecular weight excluding hydrogens is 287 g/mol. The van der Waals surface area contributed by atoms with Crippen LogP contribution in [0.15, 0.2) is 23.1 Å². The van der Waals surface area contributed by atoms with E-state index in [1.807, 2.05) is 0 Å². The molecular formula is C12H15FN2O4S. The van der Waals surface area contributed by atoms with E-state index in [0.29, 0.717) is 6.42 Å². The van der Waals surface area contributed by atoms with Crippen molar-refractivity contribution in [3.05, 3.63) is 24.0 Å². The topological polar surface area (TPSA) is 89.7 Å². The Bertz CT molecular complexity index is 632. The summed E-state index contributed by atoms with van der Waals surface area (Å²) >= 11 is 0. The number of hydrogen-bond acceptors (Lipinski definition) is 5. The molecule has 1 aromatic rings. The second-order valence-corrected chi connectivity index (χ2v) is 6.43. The van der Waals surface area contributed by atoms with Crippen LogP contribution in [0.4, 0.5) is 10.1 Å². The number of nitrogens with zero attached hydrogens (tertiary/aromatic N) is 1. The highest BCUT2D eigenvalue weighted by Crippen LogP contribution is 2.29. The number of hydrogen-bond donors (Lipinski definition) is 1. The number of halogens is 1. The number of methoxy groups -OCH3 is 1. The number of carbonyl (C=O) groups excluding carboxylic acids is 1. The number of esters is 1. The monoisotopic (exact) mass is 302 g/mol. The molecule has 1 heterocycles. The molecule has 2 rings (SSSR count). The predicted octanol–water partition coefficient (Wildman–Crippen LogP) is 0.591. The summed E-state index contributed by atoms with van der Waals surface area (Å²) in [6.07, 6.45) is 0.376. The summed E-state index contributed by atoms with van der Waals surface area (Å²) in [5.41, 5.74) is 5.08. The minimum Gasteiger partial charge on any atom is -0.469 e. The molecule has 0 saturated carbocycles. The molecule has 1 atom stereocenters. The van der Waals surface area contributed by atoms with Gasteiger partial charge in [-0.05, 0) is 18.6 Å². The van der Waals surface area contributed by atoms with Crippen molar-refractivity contribution in [3.8, 4) is 0 Å². The molecule has 0 bridgehead atoms. The fourth-order valence-electron chi connectivity index (χ4n) is 2.19. The minimum atomic E-state index is -3.91. The van der Waals surface area contributed by atoms with E-state index >= 15 is 0 Å². The van der Waals surface area contributed by atoms with Gasteiger partial charge < -0.3 is 10.5 Å². The van der Waals surface area contributed by atoms with Crippen LogP contribution in [0.25, 0.3) is 0 Å². The van der Waals surface area contributed by atoms with Crippen molar-refractivity contribution in [1.82, 2.24) is 4.31 Å². The van der Waals surface area contributed by atoms with Gasteiger partial charge in [0.15, 0.2) is 0 Å². The average molecular weight is 302 g/mol. The van der Waals surface area contributed by atoms with Crippen LogP contribution in [0.2, 0.25) is 0 Å². The first kappa shape index (κ1) is 14.7. The van der Waals surface area contributed by atoms with E-state index < -0.39 is 33.4 Å². The van der Waals surface area contributed by atoms with Crippen LogP contribution in [0.3, 0.4) is 0 Å². The fraction of sp³-hybridized carbons (Fsp3) is 0.417. The van der Waals surface area contributed by atoms with Gasteiger partial charge in [0.2, 0.25) is 10.0 Å². The van der Waals surface area contributed by atoms with Gasteiger partial charge in [0, 0.05) is 13.1 Å². The molecule has 8 heteroatoms. The third kappa shape index (κ3) is 2.48. The maximum absolute atomic E-state index is 13.4. The number of rotatable bonds is 3. The lowest BCUT2D eigenvalue weighted by atomic mass is 10.1. The number of benzene rings is 1. The highest BCUT2D eigenvalue weighted by atomic mass is 32.2. The van der Waals surface area contributed by atoms with Crippen LogP contribution in [-0.4, -0.2) is 38.9 Å². The van der Waals surface area contributed by atoms with E-state index in [2.05, 4.69) is 4.74 Å². The lowest BCUT2D eigenvalue weighted by Crippen LogP contribution is -2.31. The smallest absolute Gasteiger partial charge is 0.310 e. The van der Waals surface area contributed by atoms with Gasteiger partial charge in [0.25, 0.3) is 0 Å². The van der Waals surface area contributed by atoms with E-state index in [1.54, 1.807) is 0 Å². The summed E-state index contributed by atoms with van der Waals surface area (Å²) in [7, 11) is -2.65. The van der Waals surface area contributed by atoms with Gasteiger partial charge in [-0.15, -0.1) is 0 Å². The molecule has 0 amide bonds. The Morgan fingerprint density at radius 1 is 1.50 bits per heavy atom. The van der Waals surface area contributed by atoms with Crippen molar-refractivity contribution in [1.29, 1.82) is 0 Å². The summed E-state index contributed by atoms with van der Waals surface area (Å²) in [6, 6.07) is 3.63. The van der Waals surface area contributed by atoms with Crippen LogP contribution >= 0.6 is 0 Å². The average Bonchev–Trinajstić information content (AvgIpc) is 2.91. The Morgan fingerprint density at radius 2 is 2.20 bits per heavy atom. The first-order valence-corrected chi connectivity index (χ1v) is 7.44. The lowest BCUT2D eigenvalue weighted by Gasteiger charge is -2.17. The van der Waals surface area contributed by atoms with Gasteiger partial charge >= 0.3 is 5.97 Å². The predicted molar refractivity (Wildman–Crippen MR) is 69.7 cm³/mol. The number of carbonyl (C=O) groups is 1. The van der Waals surface area contributed by atoms with Gasteiger partial charge in [-0.3, -0.25) is 4.79 Å². The number of sulfonamides is 1. The Labute approximate surface area is 116 Å². The van der Waals surface area contributed by atoms with Crippen molar-refractivity contribution >= 4 is 21.7 Å². The van der Waals surface area contributed by atoms with E-state index in [4.69, 9.17) is 5.73 Å². The summed E-state index contributed by atoms with van der Waals surface area (Å²) < 4.78 is 43.9. The number of ether oxygens (including phenoxy) is 1. The maximum Gasteiger partial charge on any atom is 0.310 e. The van der Waals surface area contributed by atoms with Crippen LogP contribution in [0, 0.1) is 11.7 Å². The Hall–Kier alpha value is -1.67. The fourth-order valence-corrected chi connectivity index (χ4v) is 3.81. The second-order valence-electron chi connectivity index (χ2n) is 4.52. The lowest BCUT2D eigenvalue weighted by molar-refractivity contribution is -0.144. The molecule has 6 nitrogen and oxygen atoms in total. The molecule has 1 aliphatic rings. The van der Waals surface area contributed by atoms with Crippen molar-refractivity contribution in [3.63, 3.8) is 0 Å². The maximum atomic E-state index is 13.4. The van der Waals surface area contributed by atoms with Gasteiger partial charge in [0.1, 0.15) is 10.7 Å². The van der Waals surface area contributed by atoms with Gasteiger partial charge in [0.05, 0.1) is 18.7 Å². The molecule has 1 aliphatic heterocycles. The molecule has 20 heavy (non-hydrogen) atoms. The zero-order valence-electron chi connectivity index (χ0n) is 10.9. The molecule has 0 spiro atoms. The normalized spacial score (nSPS) is 20.0. The number of nitrogens with two attached hydrogens (primary N) is 1. The highest BCUT2D eigenvalue weighted by Gasteiger charge is 2.37. The summed E-state index contributed by atoms with van der Waals surface area (Å²) in [4.78, 5) is 11.1. The van der Waals surface area contributed by atoms with Gasteiger partial charge in [-0.1, -0.05) is 6.07 Å². The molecule has 1 fully saturated rings. The van der Waals surface area contributed by atoms with E-state index in [0.717, 1.165) is 10.4 Å². The zero-order valence-corrected chi connectivity index (χ0v) is 11.7. The number of para-hydroxylation sites is 1. The largest absolute Gasteiger partial charge is 0.469 e. The molecule has 0 aromatic heterocycles. The quantitative estimate of drug-likeness (QED) is 0.652. The zero-order chi connectivity index (χ0) is 14.9. The first-order valence-electron chi connectivity index (χ1n) is 6.00. The number of nitrogen functional groups attached to an aromatic ring is 1. The summed E-state index contributed by atoms with van der Waals surface area (Å²) in [6.45, 7) is 0.197. The summed E-state index contributed by atoms with van der Waals surface area (Å²) in [5, 5.41) is 0. The minimum absolute atomic E-state index is 0.0188. The van der Waals surface area contributed by atoms with Crippen LogP contribution in [0.5, 0.6) is 0 Å². The molecule has 110 valence electrons. The Morgan fingerprint density at radius 3 is 2.85 bits per heavy atom. The van der Waals surface area contributed by atoms with Gasteiger partial charge in [-0.25, -0.2) is 12.8 Å². The molecule has 1 aromatic carbocycles.